The van der Waals surface area contributed by atoms with Crippen LogP contribution in [0.25, 0.3) is 0 Å². The number of carbonyl (C=O) groups is 2. The van der Waals surface area contributed by atoms with Crippen LogP contribution in [-0.2, 0) is 12.8 Å². The second kappa shape index (κ2) is 7.11. The van der Waals surface area contributed by atoms with Gasteiger partial charge in [-0.25, -0.2) is 4.79 Å². The summed E-state index contributed by atoms with van der Waals surface area (Å²) in [6, 6.07) is 0.152. The number of hydrogen-bond acceptors (Lipinski definition) is 4. The molecule has 0 spiro atoms. The lowest BCUT2D eigenvalue weighted by atomic mass is 9.88. The van der Waals surface area contributed by atoms with E-state index in [4.69, 9.17) is 0 Å². The van der Waals surface area contributed by atoms with Crippen molar-refractivity contribution in [2.24, 2.45) is 5.92 Å². The number of rotatable bonds is 3. The summed E-state index contributed by atoms with van der Waals surface area (Å²) in [4.78, 5) is 27.6. The standard InChI is InChI=1S/C20H25N3O3S/c1-12-3-4-15-17(11-27-18(15)9-12)19(24)22-7-5-14(6-8-22)23-13(2)16(10-21-23)20(25)26/h10-12,14H,3-9H2,1-2H3,(H,25,26). The molecule has 0 bridgehead atoms. The molecule has 1 unspecified atom stereocenters. The molecule has 6 nitrogen and oxygen atoms in total. The highest BCUT2D eigenvalue weighted by Crippen LogP contribution is 2.34. The van der Waals surface area contributed by atoms with Gasteiger partial charge < -0.3 is 10.0 Å². The van der Waals surface area contributed by atoms with Crippen molar-refractivity contribution in [1.29, 1.82) is 0 Å². The van der Waals surface area contributed by atoms with Crippen LogP contribution in [0.2, 0.25) is 0 Å². The first-order valence-corrected chi connectivity index (χ1v) is 10.5. The molecule has 2 aliphatic rings. The normalized spacial score (nSPS) is 20.5. The summed E-state index contributed by atoms with van der Waals surface area (Å²) < 4.78 is 1.82. The number of thiophene rings is 1. The molecule has 1 fully saturated rings. The second-order valence-corrected chi connectivity index (χ2v) is 8.78. The molecule has 7 heteroatoms. The molecule has 1 N–H and O–H groups in total. The molecule has 1 aliphatic heterocycles. The molecule has 144 valence electrons. The third kappa shape index (κ3) is 3.29. The maximum atomic E-state index is 13.1. The Morgan fingerprint density at radius 1 is 1.22 bits per heavy atom. The predicted molar refractivity (Wildman–Crippen MR) is 104 cm³/mol. The van der Waals surface area contributed by atoms with Crippen molar-refractivity contribution in [1.82, 2.24) is 14.7 Å². The first-order valence-electron chi connectivity index (χ1n) is 9.61. The first kappa shape index (κ1) is 18.2. The molecular formula is C20H25N3O3S. The van der Waals surface area contributed by atoms with Crippen molar-refractivity contribution >= 4 is 23.2 Å². The molecule has 1 aliphatic carbocycles. The van der Waals surface area contributed by atoms with Gasteiger partial charge >= 0.3 is 5.97 Å². The highest BCUT2D eigenvalue weighted by atomic mass is 32.1. The van der Waals surface area contributed by atoms with Gasteiger partial charge in [0.1, 0.15) is 5.56 Å². The van der Waals surface area contributed by atoms with Crippen LogP contribution in [0.4, 0.5) is 0 Å². The highest BCUT2D eigenvalue weighted by Gasteiger charge is 2.30. The Morgan fingerprint density at radius 2 is 1.96 bits per heavy atom. The van der Waals surface area contributed by atoms with E-state index in [1.807, 2.05) is 15.0 Å². The van der Waals surface area contributed by atoms with Gasteiger partial charge in [-0.1, -0.05) is 6.92 Å². The van der Waals surface area contributed by atoms with E-state index in [0.717, 1.165) is 37.7 Å². The fourth-order valence-corrected chi connectivity index (χ4v) is 5.58. The fraction of sp³-hybridized carbons (Fsp3) is 0.550. The Bertz CT molecular complexity index is 877. The molecule has 0 saturated carbocycles. The highest BCUT2D eigenvalue weighted by molar-refractivity contribution is 7.10. The summed E-state index contributed by atoms with van der Waals surface area (Å²) in [5.41, 5.74) is 3.13. The van der Waals surface area contributed by atoms with Gasteiger partial charge in [-0.3, -0.25) is 9.48 Å². The van der Waals surface area contributed by atoms with Gasteiger partial charge in [0.05, 0.1) is 23.5 Å². The van der Waals surface area contributed by atoms with Crippen LogP contribution in [-0.4, -0.2) is 44.8 Å². The summed E-state index contributed by atoms with van der Waals surface area (Å²) in [5.74, 6) is -0.0744. The zero-order valence-electron chi connectivity index (χ0n) is 15.8. The maximum absolute atomic E-state index is 13.1. The largest absolute Gasteiger partial charge is 0.478 e. The number of fused-ring (bicyclic) bond motifs is 1. The minimum atomic E-state index is -0.942. The van der Waals surface area contributed by atoms with Crippen molar-refractivity contribution in [3.05, 3.63) is 38.8 Å². The van der Waals surface area contributed by atoms with E-state index in [1.165, 1.54) is 16.6 Å². The van der Waals surface area contributed by atoms with E-state index in [9.17, 15) is 14.7 Å². The van der Waals surface area contributed by atoms with Crippen LogP contribution >= 0.6 is 11.3 Å². The maximum Gasteiger partial charge on any atom is 0.339 e. The van der Waals surface area contributed by atoms with Crippen molar-refractivity contribution in [3.63, 3.8) is 0 Å². The Morgan fingerprint density at radius 3 is 2.63 bits per heavy atom. The molecule has 2 aromatic rings. The van der Waals surface area contributed by atoms with Gasteiger partial charge in [0.15, 0.2) is 0 Å². The Kier molecular flexibility index (Phi) is 4.80. The van der Waals surface area contributed by atoms with Crippen molar-refractivity contribution in [2.45, 2.75) is 52.0 Å². The van der Waals surface area contributed by atoms with E-state index in [1.54, 1.807) is 18.3 Å². The SMILES string of the molecule is Cc1c(C(=O)O)cnn1C1CCN(C(=O)c2csc3c2CCC(C)C3)CC1. The number of amides is 1. The van der Waals surface area contributed by atoms with E-state index in [0.29, 0.717) is 24.7 Å². The van der Waals surface area contributed by atoms with Crippen LogP contribution in [0.5, 0.6) is 0 Å². The smallest absolute Gasteiger partial charge is 0.339 e. The molecule has 4 rings (SSSR count). The Labute approximate surface area is 162 Å². The Hall–Kier alpha value is -2.15. The number of carboxylic acids is 1. The number of hydrogen-bond donors (Lipinski definition) is 1. The summed E-state index contributed by atoms with van der Waals surface area (Å²) in [5, 5.41) is 15.5. The minimum absolute atomic E-state index is 0.152. The van der Waals surface area contributed by atoms with Gasteiger partial charge in [0.2, 0.25) is 0 Å². The molecule has 2 aromatic heterocycles. The molecule has 0 radical (unpaired) electrons. The van der Waals surface area contributed by atoms with E-state index >= 15 is 0 Å². The number of nitrogens with zero attached hydrogens (tertiary/aromatic N) is 3. The monoisotopic (exact) mass is 387 g/mol. The third-order valence-electron chi connectivity index (χ3n) is 6.00. The van der Waals surface area contributed by atoms with Crippen LogP contribution < -0.4 is 0 Å². The number of carbonyl (C=O) groups excluding carboxylic acids is 1. The quantitative estimate of drug-likeness (QED) is 0.874. The zero-order chi connectivity index (χ0) is 19.1. The second-order valence-electron chi connectivity index (χ2n) is 7.82. The van der Waals surface area contributed by atoms with E-state index in [2.05, 4.69) is 12.0 Å². The van der Waals surface area contributed by atoms with Gasteiger partial charge in [0.25, 0.3) is 5.91 Å². The van der Waals surface area contributed by atoms with Gasteiger partial charge in [-0.15, -0.1) is 11.3 Å². The van der Waals surface area contributed by atoms with E-state index in [-0.39, 0.29) is 17.5 Å². The molecule has 1 saturated heterocycles. The average molecular weight is 388 g/mol. The lowest BCUT2D eigenvalue weighted by molar-refractivity contribution is 0.0687. The van der Waals surface area contributed by atoms with Gasteiger partial charge in [-0.05, 0) is 50.5 Å². The first-order chi connectivity index (χ1) is 13.0. The summed E-state index contributed by atoms with van der Waals surface area (Å²) in [7, 11) is 0. The lowest BCUT2D eigenvalue weighted by Crippen LogP contribution is -2.39. The molecule has 0 aromatic carbocycles. The number of aromatic carboxylic acids is 1. The van der Waals surface area contributed by atoms with E-state index < -0.39 is 5.97 Å². The van der Waals surface area contributed by atoms with Crippen molar-refractivity contribution < 1.29 is 14.7 Å². The average Bonchev–Trinajstić information content (AvgIpc) is 3.24. The van der Waals surface area contributed by atoms with Crippen LogP contribution in [0.3, 0.4) is 0 Å². The number of aromatic nitrogens is 2. The lowest BCUT2D eigenvalue weighted by Gasteiger charge is -2.33. The topological polar surface area (TPSA) is 75.4 Å². The minimum Gasteiger partial charge on any atom is -0.478 e. The number of piperidine rings is 1. The molecule has 1 atom stereocenters. The molecule has 1 amide bonds. The molecular weight excluding hydrogens is 362 g/mol. The third-order valence-corrected chi connectivity index (χ3v) is 7.06. The number of carboxylic acid groups (broad SMARTS) is 1. The van der Waals surface area contributed by atoms with Gasteiger partial charge in [-0.2, -0.15) is 5.10 Å². The van der Waals surface area contributed by atoms with Crippen LogP contribution in [0, 0.1) is 12.8 Å². The van der Waals surface area contributed by atoms with Crippen LogP contribution in [0.1, 0.15) is 69.1 Å². The molecule has 3 heterocycles. The molecule has 27 heavy (non-hydrogen) atoms. The summed E-state index contributed by atoms with van der Waals surface area (Å²) in [6.07, 6.45) is 6.31. The van der Waals surface area contributed by atoms with Crippen LogP contribution in [0.15, 0.2) is 11.6 Å². The van der Waals surface area contributed by atoms with Crippen molar-refractivity contribution in [3.8, 4) is 0 Å². The Balaban J connectivity index is 1.44. The summed E-state index contributed by atoms with van der Waals surface area (Å²) in [6.45, 7) is 5.45. The number of likely N-dealkylation sites (tertiary alicyclic amines) is 1. The van der Waals surface area contributed by atoms with Crippen molar-refractivity contribution in [2.75, 3.05) is 13.1 Å². The van der Waals surface area contributed by atoms with Gasteiger partial charge in [0, 0.05) is 23.3 Å². The predicted octanol–water partition coefficient (Wildman–Crippen LogP) is 3.55. The summed E-state index contributed by atoms with van der Waals surface area (Å²) >= 11 is 1.74. The zero-order valence-corrected chi connectivity index (χ0v) is 16.6. The fourth-order valence-electron chi connectivity index (χ4n) is 4.34.